The first kappa shape index (κ1) is 67.4. The molecule has 9 aromatic carbocycles. The molecule has 0 bridgehead atoms. The Morgan fingerprint density at radius 2 is 0.509 bits per heavy atom. The third kappa shape index (κ3) is 11.9. The zero-order valence-corrected chi connectivity index (χ0v) is 63.9. The van der Waals surface area contributed by atoms with Crippen LogP contribution in [0.4, 0.5) is 17.1 Å². The molecule has 108 heavy (non-hydrogen) atoms. The van der Waals surface area contributed by atoms with Crippen LogP contribution in [0, 0.1) is 17.8 Å². The van der Waals surface area contributed by atoms with Crippen LogP contribution in [0.2, 0.25) is 0 Å². The summed E-state index contributed by atoms with van der Waals surface area (Å²) >= 11 is 0. The molecule has 9 aliphatic rings. The molecule has 0 saturated carbocycles. The van der Waals surface area contributed by atoms with Crippen molar-refractivity contribution in [2.75, 3.05) is 0 Å². The zero-order valence-electron chi connectivity index (χ0n) is 63.9. The van der Waals surface area contributed by atoms with Crippen molar-refractivity contribution in [3.05, 3.63) is 225 Å². The first-order valence-electron chi connectivity index (χ1n) is 39.1. The average Bonchev–Trinajstić information content (AvgIpc) is 1.20. The minimum atomic E-state index is 0.348. The van der Waals surface area contributed by atoms with Gasteiger partial charge in [0.05, 0.1) is 63.9 Å². The molecule has 7 aliphatic heterocycles. The number of hydrogen-bond acceptors (Lipinski definition) is 10. The van der Waals surface area contributed by atoms with E-state index in [9.17, 15) is 0 Å². The number of imidazole rings is 3. The molecule has 21 rings (SSSR count). The highest BCUT2D eigenvalue weighted by Gasteiger charge is 2.34. The van der Waals surface area contributed by atoms with Crippen molar-refractivity contribution in [1.29, 1.82) is 0 Å². The number of aromatic amines is 3. The van der Waals surface area contributed by atoms with Gasteiger partial charge in [-0.05, 0) is 246 Å². The van der Waals surface area contributed by atoms with E-state index < -0.39 is 0 Å². The Morgan fingerprint density at radius 1 is 0.259 bits per heavy atom. The van der Waals surface area contributed by atoms with Gasteiger partial charge in [-0.1, -0.05) is 113 Å². The van der Waals surface area contributed by atoms with Gasteiger partial charge < -0.3 is 33.9 Å². The van der Waals surface area contributed by atoms with Crippen LogP contribution in [0.15, 0.2) is 161 Å². The first-order valence-corrected chi connectivity index (χ1v) is 39.1. The summed E-state index contributed by atoms with van der Waals surface area (Å²) in [6, 6.07) is 47.5. The van der Waals surface area contributed by atoms with Gasteiger partial charge >= 0.3 is 0 Å². The Labute approximate surface area is 632 Å². The van der Waals surface area contributed by atoms with Gasteiger partial charge in [0.1, 0.15) is 66.9 Å². The lowest BCUT2D eigenvalue weighted by Gasteiger charge is -2.30. The van der Waals surface area contributed by atoms with Gasteiger partial charge in [0.25, 0.3) is 0 Å². The Kier molecular flexibility index (Phi) is 16.5. The van der Waals surface area contributed by atoms with Crippen LogP contribution in [0.5, 0.6) is 23.0 Å². The van der Waals surface area contributed by atoms with Crippen molar-refractivity contribution in [3.8, 4) is 124 Å². The van der Waals surface area contributed by atoms with Gasteiger partial charge in [-0.2, -0.15) is 0 Å². The zero-order chi connectivity index (χ0) is 73.7. The maximum Gasteiger partial charge on any atom is 0.132 e. The van der Waals surface area contributed by atoms with Gasteiger partial charge in [-0.25, -0.2) is 15.0 Å². The third-order valence-electron chi connectivity index (χ3n) is 23.5. The minimum absolute atomic E-state index is 0.348. The van der Waals surface area contributed by atoms with Crippen LogP contribution < -0.4 is 18.9 Å². The van der Waals surface area contributed by atoms with E-state index in [1.165, 1.54) is 140 Å². The number of aryl methyl sites for hydroxylation is 4. The minimum Gasteiger partial charge on any atom is -0.488 e. The molecule has 0 fully saturated rings. The highest BCUT2D eigenvalue weighted by atomic mass is 16.5. The van der Waals surface area contributed by atoms with Crippen molar-refractivity contribution < 1.29 is 18.9 Å². The van der Waals surface area contributed by atoms with Crippen LogP contribution in [0.25, 0.3) is 101 Å². The van der Waals surface area contributed by atoms with E-state index in [0.29, 0.717) is 61.9 Å². The molecule has 0 spiro atoms. The van der Waals surface area contributed by atoms with Gasteiger partial charge in [0, 0.05) is 82.0 Å². The molecule has 2 aliphatic carbocycles. The number of aliphatic imine (C=N–C) groups is 3. The van der Waals surface area contributed by atoms with Crippen molar-refractivity contribution >= 4 is 34.2 Å². The van der Waals surface area contributed by atoms with Crippen molar-refractivity contribution in [2.24, 2.45) is 32.7 Å². The molecule has 540 valence electrons. The van der Waals surface area contributed by atoms with Crippen LogP contribution in [-0.2, 0) is 71.4 Å². The van der Waals surface area contributed by atoms with Crippen molar-refractivity contribution in [3.63, 3.8) is 0 Å². The fraction of sp³-hybridized carbons (Fsp3) is 0.305. The van der Waals surface area contributed by atoms with Crippen molar-refractivity contribution in [2.45, 2.75) is 172 Å². The second-order valence-corrected chi connectivity index (χ2v) is 32.9. The molecule has 0 atom stereocenters. The number of H-pyrrole nitrogens is 3. The van der Waals surface area contributed by atoms with E-state index in [1.807, 2.05) is 18.6 Å². The fourth-order valence-corrected chi connectivity index (χ4v) is 17.4. The molecule has 0 unspecified atom stereocenters. The SMILES string of the molecule is CC(C)C1=Nc2ccc(-c3cc4c5c(c3)CCc3cc(-c6cnc(C(C)C)[nH]6)cc(c3-5)CC4)cc2C1.CC(C)C1=Nc2ccc(-c3cc4c5c(c3)COc3cc(-c6cnc(C(C)C)[nH]6)cc(c3-5)OC4)cc2C1.CC(C)C1=Nc2ccc(-c3cc4c5c(c3)COc3cc(-c6cnc(C(C)C)[nH]6)cc(c3-5)OC4)cc2C1. The van der Waals surface area contributed by atoms with E-state index in [1.54, 1.807) is 0 Å². The molecule has 0 amide bonds. The largest absolute Gasteiger partial charge is 0.488 e. The van der Waals surface area contributed by atoms with Gasteiger partial charge in [0.2, 0.25) is 0 Å². The summed E-state index contributed by atoms with van der Waals surface area (Å²) in [7, 11) is 0. The molecule has 13 nitrogen and oxygen atoms in total. The predicted molar refractivity (Wildman–Crippen MR) is 436 cm³/mol. The molecular weight excluding hydrogens is 1330 g/mol. The van der Waals surface area contributed by atoms with Gasteiger partial charge in [-0.3, -0.25) is 15.0 Å². The maximum atomic E-state index is 6.31. The number of aromatic nitrogens is 6. The van der Waals surface area contributed by atoms with Gasteiger partial charge in [-0.15, -0.1) is 0 Å². The highest BCUT2D eigenvalue weighted by Crippen LogP contribution is 2.55. The number of nitrogens with one attached hydrogen (secondary N) is 3. The standard InChI is InChI=1S/C33H33N3.2C31H29N3O2/c1-18(2)29-16-27-11-20(9-10-28(27)35-29)25-12-21-5-7-23-14-26(30-17-34-33(36-30)19(3)4)15-24-8-6-22(13-25)31(21)32(23)24;2*1-16(2)25-10-20-7-18(5-6-24(20)33-25)19-8-22-14-35-27-11-21(26-13-32-31(34-26)17(3)4)12-28-30(27)29(22)23(9-19)15-36-28/h9-15,17-19H,5-8,16H2,1-4H3,(H,34,36);2*5-9,11-13,16-17H,10,14-15H2,1-4H3,(H,32,34). The third-order valence-corrected chi connectivity index (χ3v) is 23.5. The number of benzene rings is 9. The Hall–Kier alpha value is -11.2. The summed E-state index contributed by atoms with van der Waals surface area (Å²) < 4.78 is 25.2. The second-order valence-electron chi connectivity index (χ2n) is 32.9. The molecule has 13 heteroatoms. The average molecular weight is 1420 g/mol. The fourth-order valence-electron chi connectivity index (χ4n) is 17.4. The normalized spacial score (nSPS) is 15.0. The lowest BCUT2D eigenvalue weighted by atomic mass is 9.74. The summed E-state index contributed by atoms with van der Waals surface area (Å²) in [6.45, 7) is 28.5. The van der Waals surface area contributed by atoms with Gasteiger partial charge in [0.15, 0.2) is 0 Å². The Morgan fingerprint density at radius 3 is 0.778 bits per heavy atom. The molecular formula is C95H91N9O4. The van der Waals surface area contributed by atoms with Crippen LogP contribution in [0.3, 0.4) is 0 Å². The highest BCUT2D eigenvalue weighted by molar-refractivity contribution is 5.99. The quantitative estimate of drug-likeness (QED) is 0.110. The van der Waals surface area contributed by atoms with Crippen LogP contribution >= 0.6 is 0 Å². The maximum absolute atomic E-state index is 6.31. The monoisotopic (exact) mass is 1420 g/mol. The van der Waals surface area contributed by atoms with E-state index in [-0.39, 0.29) is 0 Å². The number of nitrogens with zero attached hydrogens (tertiary/aromatic N) is 6. The molecule has 10 heterocycles. The predicted octanol–water partition coefficient (Wildman–Crippen LogP) is 23.2. The number of ether oxygens (including phenoxy) is 4. The number of rotatable bonds is 12. The smallest absolute Gasteiger partial charge is 0.132 e. The van der Waals surface area contributed by atoms with Crippen LogP contribution in [0.1, 0.15) is 180 Å². The van der Waals surface area contributed by atoms with Crippen molar-refractivity contribution in [1.82, 2.24) is 29.9 Å². The van der Waals surface area contributed by atoms with E-state index in [2.05, 4.69) is 240 Å². The summed E-state index contributed by atoms with van der Waals surface area (Å²) in [5, 5.41) is 0. The molecule has 3 N–H and O–H groups in total. The molecule has 0 saturated heterocycles. The number of hydrogen-bond donors (Lipinski definition) is 3. The Bertz CT molecular complexity index is 5130. The lowest BCUT2D eigenvalue weighted by molar-refractivity contribution is 0.277. The lowest BCUT2D eigenvalue weighted by Crippen LogP contribution is -2.15. The van der Waals surface area contributed by atoms with E-state index in [4.69, 9.17) is 33.9 Å². The van der Waals surface area contributed by atoms with E-state index in [0.717, 1.165) is 142 Å². The van der Waals surface area contributed by atoms with Crippen LogP contribution in [-0.4, -0.2) is 47.0 Å². The summed E-state index contributed by atoms with van der Waals surface area (Å²) in [5.74, 6) is 9.10. The molecule has 12 aromatic rings. The Balaban J connectivity index is 0.000000110. The second kappa shape index (κ2) is 26.3. The van der Waals surface area contributed by atoms with E-state index >= 15 is 0 Å². The molecule has 0 radical (unpaired) electrons. The molecule has 3 aromatic heterocycles. The summed E-state index contributed by atoms with van der Waals surface area (Å²) in [5.41, 5.74) is 43.9. The number of fused-ring (bicyclic) bond motifs is 3. The summed E-state index contributed by atoms with van der Waals surface area (Å²) in [6.07, 6.45) is 13.1. The first-order chi connectivity index (χ1) is 52.3. The summed E-state index contributed by atoms with van der Waals surface area (Å²) in [4.78, 5) is 38.7. The topological polar surface area (TPSA) is 160 Å².